The molecule has 0 aliphatic carbocycles. The smallest absolute Gasteiger partial charge is 0.299 e. The van der Waals surface area contributed by atoms with Gasteiger partial charge in [-0.2, -0.15) is 0 Å². The number of ether oxygens (including phenoxy) is 1. The van der Waals surface area contributed by atoms with Gasteiger partial charge in [0.05, 0.1) is 10.5 Å². The molecule has 0 atom stereocenters. The molecule has 1 saturated heterocycles. The number of nitro groups is 1. The average Bonchev–Trinajstić information content (AvgIpc) is 2.61. The van der Waals surface area contributed by atoms with Crippen LogP contribution in [0.2, 0.25) is 0 Å². The summed E-state index contributed by atoms with van der Waals surface area (Å²) in [6.45, 7) is 3.58. The van der Waals surface area contributed by atoms with Crippen LogP contribution in [0.1, 0.15) is 5.56 Å². The number of piperazine rings is 1. The monoisotopic (exact) mass is 327 g/mol. The summed E-state index contributed by atoms with van der Waals surface area (Å²) in [5.41, 5.74) is 1.43. The van der Waals surface area contributed by atoms with E-state index in [1.54, 1.807) is 6.07 Å². The molecule has 0 amide bonds. The number of hydrogen-bond donors (Lipinski definition) is 0. The Balaban J connectivity index is 1.84. The number of rotatable bonds is 5. The largest absolute Gasteiger partial charge is 0.489 e. The SMILES string of the molecule is CN1CCN(c2cccc(COc3ccccc3)c2[N+](=O)[O-])CC1. The Morgan fingerprint density at radius 3 is 2.42 bits per heavy atom. The fraction of sp³-hybridized carbons (Fsp3) is 0.333. The third-order valence-corrected chi connectivity index (χ3v) is 4.26. The van der Waals surface area contributed by atoms with Gasteiger partial charge in [0.2, 0.25) is 0 Å². The first kappa shape index (κ1) is 16.3. The highest BCUT2D eigenvalue weighted by molar-refractivity contribution is 5.67. The Kier molecular flexibility index (Phi) is 4.96. The second-order valence-corrected chi connectivity index (χ2v) is 5.93. The van der Waals surface area contributed by atoms with Gasteiger partial charge in [-0.3, -0.25) is 10.1 Å². The van der Waals surface area contributed by atoms with E-state index in [0.717, 1.165) is 26.2 Å². The van der Waals surface area contributed by atoms with Gasteiger partial charge in [-0.25, -0.2) is 0 Å². The zero-order chi connectivity index (χ0) is 16.9. The topological polar surface area (TPSA) is 58.8 Å². The van der Waals surface area contributed by atoms with Crippen LogP contribution in [0.15, 0.2) is 48.5 Å². The van der Waals surface area contributed by atoms with Crippen molar-refractivity contribution >= 4 is 11.4 Å². The summed E-state index contributed by atoms with van der Waals surface area (Å²) < 4.78 is 5.71. The van der Waals surface area contributed by atoms with Gasteiger partial charge >= 0.3 is 0 Å². The number of anilines is 1. The molecule has 0 spiro atoms. The summed E-state index contributed by atoms with van der Waals surface area (Å²) in [4.78, 5) is 15.7. The second-order valence-electron chi connectivity index (χ2n) is 5.93. The number of nitrogens with zero attached hydrogens (tertiary/aromatic N) is 3. The fourth-order valence-electron chi connectivity index (χ4n) is 2.89. The lowest BCUT2D eigenvalue weighted by atomic mass is 10.1. The minimum absolute atomic E-state index is 0.151. The normalized spacial score (nSPS) is 15.3. The predicted molar refractivity (Wildman–Crippen MR) is 93.6 cm³/mol. The molecule has 1 fully saturated rings. The van der Waals surface area contributed by atoms with Gasteiger partial charge in [-0.05, 0) is 31.3 Å². The third-order valence-electron chi connectivity index (χ3n) is 4.26. The van der Waals surface area contributed by atoms with Gasteiger partial charge in [-0.15, -0.1) is 0 Å². The third kappa shape index (κ3) is 3.65. The van der Waals surface area contributed by atoms with Crippen molar-refractivity contribution in [1.82, 2.24) is 4.90 Å². The van der Waals surface area contributed by atoms with E-state index >= 15 is 0 Å². The molecule has 24 heavy (non-hydrogen) atoms. The number of benzene rings is 2. The Morgan fingerprint density at radius 1 is 1.04 bits per heavy atom. The van der Waals surface area contributed by atoms with Crippen molar-refractivity contribution in [1.29, 1.82) is 0 Å². The lowest BCUT2D eigenvalue weighted by molar-refractivity contribution is -0.385. The van der Waals surface area contributed by atoms with E-state index in [9.17, 15) is 10.1 Å². The first-order valence-corrected chi connectivity index (χ1v) is 8.03. The highest BCUT2D eigenvalue weighted by Gasteiger charge is 2.25. The molecule has 3 rings (SSSR count). The van der Waals surface area contributed by atoms with E-state index < -0.39 is 0 Å². The van der Waals surface area contributed by atoms with Crippen molar-refractivity contribution in [3.05, 3.63) is 64.2 Å². The summed E-state index contributed by atoms with van der Waals surface area (Å²) in [7, 11) is 2.07. The molecule has 2 aromatic rings. The number of hydrogen-bond acceptors (Lipinski definition) is 5. The summed E-state index contributed by atoms with van der Waals surface area (Å²) in [6.07, 6.45) is 0. The molecule has 6 heteroatoms. The van der Waals surface area contributed by atoms with E-state index in [4.69, 9.17) is 4.74 Å². The molecule has 0 unspecified atom stereocenters. The van der Waals surface area contributed by atoms with Crippen molar-refractivity contribution < 1.29 is 9.66 Å². The summed E-state index contributed by atoms with van der Waals surface area (Å²) in [5.74, 6) is 0.705. The van der Waals surface area contributed by atoms with Crippen molar-refractivity contribution in [3.8, 4) is 5.75 Å². The van der Waals surface area contributed by atoms with Crippen molar-refractivity contribution in [3.63, 3.8) is 0 Å². The highest BCUT2D eigenvalue weighted by atomic mass is 16.6. The molecule has 1 aliphatic rings. The van der Waals surface area contributed by atoms with E-state index in [2.05, 4.69) is 16.8 Å². The Hall–Kier alpha value is -2.60. The van der Waals surface area contributed by atoms with Gasteiger partial charge < -0.3 is 14.5 Å². The number of likely N-dealkylation sites (N-methyl/N-ethyl adjacent to an activating group) is 1. The van der Waals surface area contributed by atoms with Gasteiger partial charge in [0.15, 0.2) is 0 Å². The van der Waals surface area contributed by atoms with Crippen LogP contribution in [0, 0.1) is 10.1 Å². The summed E-state index contributed by atoms with van der Waals surface area (Å²) in [5, 5.41) is 11.7. The van der Waals surface area contributed by atoms with E-state index in [1.807, 2.05) is 42.5 Å². The van der Waals surface area contributed by atoms with E-state index in [-0.39, 0.29) is 17.2 Å². The molecular weight excluding hydrogens is 306 g/mol. The van der Waals surface area contributed by atoms with Crippen LogP contribution >= 0.6 is 0 Å². The molecule has 0 aromatic heterocycles. The molecule has 0 saturated carbocycles. The molecule has 2 aromatic carbocycles. The molecule has 1 aliphatic heterocycles. The summed E-state index contributed by atoms with van der Waals surface area (Å²) >= 11 is 0. The molecule has 0 bridgehead atoms. The summed E-state index contributed by atoms with van der Waals surface area (Å²) in [6, 6.07) is 14.8. The van der Waals surface area contributed by atoms with Crippen LogP contribution in [0.3, 0.4) is 0 Å². The lowest BCUT2D eigenvalue weighted by Gasteiger charge is -2.33. The maximum absolute atomic E-state index is 11.7. The minimum atomic E-state index is -0.294. The molecule has 0 N–H and O–H groups in total. The number of para-hydroxylation sites is 2. The van der Waals surface area contributed by atoms with Crippen molar-refractivity contribution in [2.75, 3.05) is 38.1 Å². The lowest BCUT2D eigenvalue weighted by Crippen LogP contribution is -2.44. The van der Waals surface area contributed by atoms with Crippen LogP contribution in [0.4, 0.5) is 11.4 Å². The van der Waals surface area contributed by atoms with Crippen LogP contribution in [-0.4, -0.2) is 43.0 Å². The molecular formula is C18H21N3O3. The van der Waals surface area contributed by atoms with Crippen molar-refractivity contribution in [2.24, 2.45) is 0 Å². The minimum Gasteiger partial charge on any atom is -0.489 e. The Morgan fingerprint density at radius 2 is 1.75 bits per heavy atom. The fourth-order valence-corrected chi connectivity index (χ4v) is 2.89. The molecule has 126 valence electrons. The standard InChI is InChI=1S/C18H21N3O3/c1-19-10-12-20(13-11-19)17-9-5-6-15(18(17)21(22)23)14-24-16-7-3-2-4-8-16/h2-9H,10-14H2,1H3. The highest BCUT2D eigenvalue weighted by Crippen LogP contribution is 2.33. The molecule has 0 radical (unpaired) electrons. The molecule has 1 heterocycles. The second kappa shape index (κ2) is 7.31. The van der Waals surface area contributed by atoms with Gasteiger partial charge in [0.1, 0.15) is 18.0 Å². The number of nitro benzene ring substituents is 1. The van der Waals surface area contributed by atoms with Crippen LogP contribution in [-0.2, 0) is 6.61 Å². The van der Waals surface area contributed by atoms with E-state index in [0.29, 0.717) is 17.0 Å². The zero-order valence-corrected chi connectivity index (χ0v) is 13.7. The van der Waals surface area contributed by atoms with Crippen LogP contribution < -0.4 is 9.64 Å². The van der Waals surface area contributed by atoms with Crippen molar-refractivity contribution in [2.45, 2.75) is 6.61 Å². The predicted octanol–water partition coefficient (Wildman–Crippen LogP) is 2.93. The maximum Gasteiger partial charge on any atom is 0.299 e. The van der Waals surface area contributed by atoms with E-state index in [1.165, 1.54) is 0 Å². The Bertz CT molecular complexity index is 698. The first-order valence-electron chi connectivity index (χ1n) is 8.03. The Labute approximate surface area is 141 Å². The van der Waals surface area contributed by atoms with Crippen LogP contribution in [0.25, 0.3) is 0 Å². The van der Waals surface area contributed by atoms with Gasteiger partial charge in [0, 0.05) is 26.2 Å². The first-order chi connectivity index (χ1) is 11.6. The maximum atomic E-state index is 11.7. The molecule has 6 nitrogen and oxygen atoms in total. The average molecular weight is 327 g/mol. The van der Waals surface area contributed by atoms with Crippen LogP contribution in [0.5, 0.6) is 5.75 Å². The zero-order valence-electron chi connectivity index (χ0n) is 13.7. The van der Waals surface area contributed by atoms with Gasteiger partial charge in [0.25, 0.3) is 5.69 Å². The van der Waals surface area contributed by atoms with Gasteiger partial charge in [-0.1, -0.05) is 24.3 Å². The quantitative estimate of drug-likeness (QED) is 0.624.